The van der Waals surface area contributed by atoms with Gasteiger partial charge in [0.2, 0.25) is 0 Å². The van der Waals surface area contributed by atoms with E-state index in [9.17, 15) is 4.79 Å². The lowest BCUT2D eigenvalue weighted by atomic mass is 10.1. The first kappa shape index (κ1) is 21.0. The highest BCUT2D eigenvalue weighted by molar-refractivity contribution is 7.98. The topological polar surface area (TPSA) is 60.7 Å². The maximum atomic E-state index is 12.1. The molecular formula is C23H25NO4S. The predicted octanol–water partition coefficient (Wildman–Crippen LogP) is 4.26. The molecule has 0 saturated carbocycles. The Morgan fingerprint density at radius 3 is 2.38 bits per heavy atom. The van der Waals surface area contributed by atoms with Crippen LogP contribution in [0.15, 0.2) is 59.5 Å². The van der Waals surface area contributed by atoms with Crippen molar-refractivity contribution in [3.63, 3.8) is 0 Å². The molecule has 0 aliphatic carbocycles. The molecule has 1 aromatic heterocycles. The normalized spacial score (nSPS) is 10.8. The molecule has 0 unspecified atom stereocenters. The molecule has 0 amide bonds. The molecule has 5 nitrogen and oxygen atoms in total. The number of aliphatic hydroxyl groups is 1. The van der Waals surface area contributed by atoms with Gasteiger partial charge in [-0.15, -0.1) is 11.8 Å². The van der Waals surface area contributed by atoms with Crippen LogP contribution < -0.4 is 4.74 Å². The van der Waals surface area contributed by atoms with Crippen molar-refractivity contribution >= 4 is 17.7 Å². The summed E-state index contributed by atoms with van der Waals surface area (Å²) in [6, 6.07) is 18.2. The summed E-state index contributed by atoms with van der Waals surface area (Å²) in [5, 5.41) is 8.87. The number of hydrogen-bond acceptors (Lipinski definition) is 5. The minimum absolute atomic E-state index is 0.0140. The summed E-state index contributed by atoms with van der Waals surface area (Å²) in [4.78, 5) is 13.3. The van der Waals surface area contributed by atoms with Crippen molar-refractivity contribution in [2.24, 2.45) is 0 Å². The largest absolute Gasteiger partial charge is 0.497 e. The second-order valence-corrected chi connectivity index (χ2v) is 7.40. The number of benzene rings is 2. The Kier molecular flexibility index (Phi) is 7.01. The standard InChI is InChI=1S/C23H25NO4S/c1-16-18(15-23(26)28-13-12-25)14-22(17-4-10-21(29-3)11-5-17)24(16)19-6-8-20(27-2)9-7-19/h4-11,14,25H,12-13,15H2,1-3H3. The number of esters is 1. The molecule has 0 saturated heterocycles. The molecule has 0 bridgehead atoms. The molecule has 29 heavy (non-hydrogen) atoms. The summed E-state index contributed by atoms with van der Waals surface area (Å²) >= 11 is 1.70. The van der Waals surface area contributed by atoms with Crippen molar-refractivity contribution in [3.8, 4) is 22.7 Å². The predicted molar refractivity (Wildman–Crippen MR) is 116 cm³/mol. The van der Waals surface area contributed by atoms with Crippen molar-refractivity contribution in [3.05, 3.63) is 65.9 Å². The Hall–Kier alpha value is -2.70. The van der Waals surface area contributed by atoms with Crippen molar-refractivity contribution in [2.75, 3.05) is 26.6 Å². The van der Waals surface area contributed by atoms with E-state index in [0.717, 1.165) is 34.0 Å². The smallest absolute Gasteiger partial charge is 0.310 e. The van der Waals surface area contributed by atoms with Crippen molar-refractivity contribution in [1.29, 1.82) is 0 Å². The van der Waals surface area contributed by atoms with Crippen LogP contribution >= 0.6 is 11.8 Å². The van der Waals surface area contributed by atoms with Crippen LogP contribution in [0.3, 0.4) is 0 Å². The van der Waals surface area contributed by atoms with Crippen LogP contribution in [0.5, 0.6) is 5.75 Å². The molecule has 3 rings (SSSR count). The van der Waals surface area contributed by atoms with Gasteiger partial charge in [0, 0.05) is 16.3 Å². The van der Waals surface area contributed by atoms with Gasteiger partial charge in [-0.2, -0.15) is 0 Å². The molecule has 0 spiro atoms. The molecule has 0 fully saturated rings. The Morgan fingerprint density at radius 2 is 1.79 bits per heavy atom. The van der Waals surface area contributed by atoms with Gasteiger partial charge < -0.3 is 19.1 Å². The van der Waals surface area contributed by atoms with Gasteiger partial charge in [0.15, 0.2) is 0 Å². The summed E-state index contributed by atoms with van der Waals surface area (Å²) in [6.45, 7) is 1.84. The molecule has 0 atom stereocenters. The third-order valence-electron chi connectivity index (χ3n) is 4.76. The van der Waals surface area contributed by atoms with Gasteiger partial charge in [0.1, 0.15) is 12.4 Å². The minimum Gasteiger partial charge on any atom is -0.497 e. The van der Waals surface area contributed by atoms with E-state index in [2.05, 4.69) is 35.1 Å². The van der Waals surface area contributed by atoms with Crippen LogP contribution in [0.25, 0.3) is 16.9 Å². The number of carbonyl (C=O) groups is 1. The van der Waals surface area contributed by atoms with Gasteiger partial charge in [-0.25, -0.2) is 0 Å². The second kappa shape index (κ2) is 9.67. The highest BCUT2D eigenvalue weighted by atomic mass is 32.2. The fourth-order valence-electron chi connectivity index (χ4n) is 3.24. The molecule has 0 aliphatic heterocycles. The van der Waals surface area contributed by atoms with Gasteiger partial charge in [0.05, 0.1) is 25.8 Å². The Bertz CT molecular complexity index is 962. The lowest BCUT2D eigenvalue weighted by molar-refractivity contribution is -0.143. The van der Waals surface area contributed by atoms with Crippen LogP contribution in [-0.2, 0) is 16.0 Å². The van der Waals surface area contributed by atoms with Gasteiger partial charge in [-0.1, -0.05) is 12.1 Å². The van der Waals surface area contributed by atoms with E-state index in [1.54, 1.807) is 18.9 Å². The number of ether oxygens (including phenoxy) is 2. The van der Waals surface area contributed by atoms with Crippen molar-refractivity contribution < 1.29 is 19.4 Å². The lowest BCUT2D eigenvalue weighted by Crippen LogP contribution is -2.11. The first-order valence-corrected chi connectivity index (χ1v) is 10.6. The molecule has 6 heteroatoms. The van der Waals surface area contributed by atoms with Gasteiger partial charge in [-0.05, 0) is 66.8 Å². The van der Waals surface area contributed by atoms with Gasteiger partial charge in [0.25, 0.3) is 0 Å². The number of thioether (sulfide) groups is 1. The number of hydrogen-bond donors (Lipinski definition) is 1. The number of nitrogens with zero attached hydrogens (tertiary/aromatic N) is 1. The summed E-state index contributed by atoms with van der Waals surface area (Å²) in [7, 11) is 1.64. The van der Waals surface area contributed by atoms with Crippen LogP contribution in [-0.4, -0.2) is 42.2 Å². The summed E-state index contributed by atoms with van der Waals surface area (Å²) in [6.07, 6.45) is 2.21. The van der Waals surface area contributed by atoms with E-state index >= 15 is 0 Å². The number of aliphatic hydroxyl groups excluding tert-OH is 1. The van der Waals surface area contributed by atoms with Gasteiger partial charge >= 0.3 is 5.97 Å². The molecule has 0 aliphatic rings. The minimum atomic E-state index is -0.349. The molecule has 3 aromatic rings. The number of aromatic nitrogens is 1. The van der Waals surface area contributed by atoms with Crippen LogP contribution in [0.2, 0.25) is 0 Å². The van der Waals surface area contributed by atoms with E-state index in [-0.39, 0.29) is 25.6 Å². The fraction of sp³-hybridized carbons (Fsp3) is 0.261. The zero-order valence-electron chi connectivity index (χ0n) is 16.8. The zero-order chi connectivity index (χ0) is 20.8. The van der Waals surface area contributed by atoms with Crippen LogP contribution in [0.1, 0.15) is 11.3 Å². The Morgan fingerprint density at radius 1 is 1.10 bits per heavy atom. The molecule has 1 N–H and O–H groups in total. The van der Waals surface area contributed by atoms with E-state index < -0.39 is 0 Å². The molecule has 152 valence electrons. The van der Waals surface area contributed by atoms with E-state index in [0.29, 0.717) is 0 Å². The highest BCUT2D eigenvalue weighted by Gasteiger charge is 2.18. The number of carbonyl (C=O) groups excluding carboxylic acids is 1. The molecule has 1 heterocycles. The van der Waals surface area contributed by atoms with E-state index in [1.165, 1.54) is 4.90 Å². The number of rotatable bonds is 8. The molecular weight excluding hydrogens is 386 g/mol. The van der Waals surface area contributed by atoms with Crippen molar-refractivity contribution in [1.82, 2.24) is 4.57 Å². The Balaban J connectivity index is 2.05. The van der Waals surface area contributed by atoms with Crippen LogP contribution in [0.4, 0.5) is 0 Å². The summed E-state index contributed by atoms with van der Waals surface area (Å²) < 4.78 is 12.5. The van der Waals surface area contributed by atoms with E-state index in [4.69, 9.17) is 14.6 Å². The maximum Gasteiger partial charge on any atom is 0.310 e. The first-order chi connectivity index (χ1) is 14.1. The van der Waals surface area contributed by atoms with Crippen LogP contribution in [0, 0.1) is 6.92 Å². The average Bonchev–Trinajstić information content (AvgIpc) is 3.08. The Labute approximate surface area is 175 Å². The second-order valence-electron chi connectivity index (χ2n) is 6.52. The first-order valence-electron chi connectivity index (χ1n) is 9.34. The third-order valence-corrected chi connectivity index (χ3v) is 5.50. The molecule has 2 aromatic carbocycles. The lowest BCUT2D eigenvalue weighted by Gasteiger charge is -2.13. The third kappa shape index (κ3) is 4.83. The quantitative estimate of drug-likeness (QED) is 0.443. The number of methoxy groups -OCH3 is 1. The summed E-state index contributed by atoms with van der Waals surface area (Å²) in [5.41, 5.74) is 4.93. The van der Waals surface area contributed by atoms with E-state index in [1.807, 2.05) is 37.3 Å². The van der Waals surface area contributed by atoms with Crippen molar-refractivity contribution in [2.45, 2.75) is 18.2 Å². The maximum absolute atomic E-state index is 12.1. The summed E-state index contributed by atoms with van der Waals surface area (Å²) in [5.74, 6) is 0.440. The average molecular weight is 412 g/mol. The highest BCUT2D eigenvalue weighted by Crippen LogP contribution is 2.31. The van der Waals surface area contributed by atoms with Gasteiger partial charge in [-0.3, -0.25) is 4.79 Å². The fourth-order valence-corrected chi connectivity index (χ4v) is 3.65. The zero-order valence-corrected chi connectivity index (χ0v) is 17.7. The SMILES string of the molecule is COc1ccc(-n2c(-c3ccc(SC)cc3)cc(CC(=O)OCCO)c2C)cc1. The monoisotopic (exact) mass is 411 g/mol. The molecule has 0 radical (unpaired) electrons.